The van der Waals surface area contributed by atoms with E-state index < -0.39 is 17.5 Å². The largest absolute Gasteiger partial charge is 0.446 e. The van der Waals surface area contributed by atoms with Crippen LogP contribution in [-0.2, 0) is 4.74 Å². The molecule has 0 bridgehead atoms. The fourth-order valence-electron chi connectivity index (χ4n) is 1.54. The molecule has 1 atom stereocenters. The van der Waals surface area contributed by atoms with Crippen molar-refractivity contribution in [2.24, 2.45) is 0 Å². The lowest BCUT2D eigenvalue weighted by Crippen LogP contribution is -2.28. The van der Waals surface area contributed by atoms with Gasteiger partial charge in [-0.05, 0) is 42.4 Å². The molecule has 1 unspecified atom stereocenters. The second-order valence-corrected chi connectivity index (χ2v) is 5.36. The highest BCUT2D eigenvalue weighted by atomic mass is 32.2. The molecule has 0 aliphatic heterocycles. The monoisotopic (exact) mass is 323 g/mol. The Hall–Kier alpha value is -1.25. The van der Waals surface area contributed by atoms with Gasteiger partial charge in [0.1, 0.15) is 0 Å². The lowest BCUT2D eigenvalue weighted by atomic mass is 10.2. The van der Waals surface area contributed by atoms with Crippen LogP contribution in [0.4, 0.5) is 13.2 Å². The first-order valence-electron chi connectivity index (χ1n) is 6.13. The van der Waals surface area contributed by atoms with E-state index in [1.807, 2.05) is 0 Å². The van der Waals surface area contributed by atoms with Crippen LogP contribution in [0.5, 0.6) is 0 Å². The van der Waals surface area contributed by atoms with E-state index in [1.54, 1.807) is 0 Å². The van der Waals surface area contributed by atoms with Crippen LogP contribution in [0.2, 0.25) is 0 Å². The second kappa shape index (κ2) is 8.26. The van der Waals surface area contributed by atoms with Gasteiger partial charge in [-0.15, -0.1) is 0 Å². The van der Waals surface area contributed by atoms with Gasteiger partial charge in [-0.3, -0.25) is 4.79 Å². The van der Waals surface area contributed by atoms with Crippen molar-refractivity contribution in [2.45, 2.75) is 22.9 Å². The van der Waals surface area contributed by atoms with Crippen molar-refractivity contribution in [1.29, 1.82) is 0 Å². The molecule has 1 aromatic rings. The summed E-state index contributed by atoms with van der Waals surface area (Å²) in [5.41, 5.74) is -4.08. The van der Waals surface area contributed by atoms with E-state index in [9.17, 15) is 23.1 Å². The summed E-state index contributed by atoms with van der Waals surface area (Å²) in [5.74, 6) is -0.400. The third-order valence-electron chi connectivity index (χ3n) is 2.47. The molecule has 1 amide bonds. The Morgan fingerprint density at radius 2 is 2.00 bits per heavy atom. The summed E-state index contributed by atoms with van der Waals surface area (Å²) in [5, 5.41) is 12.0. The van der Waals surface area contributed by atoms with E-state index in [2.05, 4.69) is 5.32 Å². The number of alkyl halides is 3. The average Bonchev–Trinajstić information content (AvgIpc) is 2.38. The molecule has 21 heavy (non-hydrogen) atoms. The normalized spacial score (nSPS) is 13.0. The van der Waals surface area contributed by atoms with E-state index in [0.717, 1.165) is 0 Å². The number of carbonyl (C=O) groups is 1. The molecule has 0 saturated carbocycles. The van der Waals surface area contributed by atoms with E-state index in [4.69, 9.17) is 4.74 Å². The lowest BCUT2D eigenvalue weighted by molar-refractivity contribution is -0.0328. The Labute approximate surface area is 124 Å². The molecule has 0 radical (unpaired) electrons. The number of rotatable bonds is 7. The van der Waals surface area contributed by atoms with E-state index in [0.29, 0.717) is 6.42 Å². The summed E-state index contributed by atoms with van der Waals surface area (Å²) in [6.07, 6.45) is -0.331. The van der Waals surface area contributed by atoms with E-state index in [-0.39, 0.29) is 35.4 Å². The molecule has 118 valence electrons. The SMILES string of the molecule is COCC(O)CCNC(=O)c1ccc(SC(F)(F)F)cc1. The summed E-state index contributed by atoms with van der Waals surface area (Å²) in [7, 11) is 1.46. The minimum absolute atomic E-state index is 0.0227. The quantitative estimate of drug-likeness (QED) is 0.757. The van der Waals surface area contributed by atoms with Gasteiger partial charge in [0.25, 0.3) is 5.91 Å². The summed E-state index contributed by atoms with van der Waals surface area (Å²) in [6, 6.07) is 5.14. The summed E-state index contributed by atoms with van der Waals surface area (Å²) < 4.78 is 41.2. The van der Waals surface area contributed by atoms with Crippen molar-refractivity contribution in [1.82, 2.24) is 5.32 Å². The number of aliphatic hydroxyl groups is 1. The Kier molecular flexibility index (Phi) is 7.00. The Morgan fingerprint density at radius 3 is 2.52 bits per heavy atom. The molecular weight excluding hydrogens is 307 g/mol. The second-order valence-electron chi connectivity index (χ2n) is 4.23. The Bertz CT molecular complexity index is 451. The molecule has 0 spiro atoms. The Balaban J connectivity index is 2.44. The van der Waals surface area contributed by atoms with Crippen molar-refractivity contribution in [3.05, 3.63) is 29.8 Å². The molecule has 0 heterocycles. The maximum atomic E-state index is 12.2. The van der Waals surface area contributed by atoms with Gasteiger partial charge in [-0.1, -0.05) is 0 Å². The molecule has 2 N–H and O–H groups in total. The van der Waals surface area contributed by atoms with Crippen LogP contribution >= 0.6 is 11.8 Å². The maximum Gasteiger partial charge on any atom is 0.446 e. The molecule has 0 fully saturated rings. The number of carbonyl (C=O) groups excluding carboxylic acids is 1. The molecule has 8 heteroatoms. The van der Waals surface area contributed by atoms with Gasteiger partial charge in [0.2, 0.25) is 0 Å². The van der Waals surface area contributed by atoms with Gasteiger partial charge < -0.3 is 15.2 Å². The third kappa shape index (κ3) is 7.35. The molecule has 0 aliphatic carbocycles. The fourth-order valence-corrected chi connectivity index (χ4v) is 2.08. The zero-order chi connectivity index (χ0) is 15.9. The van der Waals surface area contributed by atoms with Crippen LogP contribution in [0.3, 0.4) is 0 Å². The molecule has 0 saturated heterocycles. The molecule has 0 aromatic heterocycles. The van der Waals surface area contributed by atoms with Gasteiger partial charge in [-0.2, -0.15) is 13.2 Å². The predicted molar refractivity (Wildman–Crippen MR) is 73.2 cm³/mol. The van der Waals surface area contributed by atoms with Gasteiger partial charge in [0.15, 0.2) is 0 Å². The number of benzene rings is 1. The van der Waals surface area contributed by atoms with Crippen LogP contribution in [0.1, 0.15) is 16.8 Å². The molecule has 1 rings (SSSR count). The van der Waals surface area contributed by atoms with Gasteiger partial charge in [0.05, 0.1) is 12.7 Å². The van der Waals surface area contributed by atoms with Crippen molar-refractivity contribution in [3.63, 3.8) is 0 Å². The number of hydrogen-bond donors (Lipinski definition) is 2. The van der Waals surface area contributed by atoms with E-state index in [1.165, 1.54) is 31.4 Å². The molecule has 4 nitrogen and oxygen atoms in total. The van der Waals surface area contributed by atoms with Crippen molar-refractivity contribution in [3.8, 4) is 0 Å². The number of methoxy groups -OCH3 is 1. The first kappa shape index (κ1) is 17.8. The van der Waals surface area contributed by atoms with Crippen LogP contribution in [-0.4, -0.2) is 42.9 Å². The molecule has 0 aliphatic rings. The number of ether oxygens (including phenoxy) is 1. The van der Waals surface area contributed by atoms with Crippen molar-refractivity contribution in [2.75, 3.05) is 20.3 Å². The predicted octanol–water partition coefficient (Wildman–Crippen LogP) is 2.43. The van der Waals surface area contributed by atoms with Crippen LogP contribution in [0, 0.1) is 0 Å². The highest BCUT2D eigenvalue weighted by molar-refractivity contribution is 8.00. The summed E-state index contributed by atoms with van der Waals surface area (Å²) in [6.45, 7) is 0.432. The first-order chi connectivity index (χ1) is 9.81. The van der Waals surface area contributed by atoms with Gasteiger partial charge >= 0.3 is 5.51 Å². The van der Waals surface area contributed by atoms with Crippen LogP contribution in [0.25, 0.3) is 0 Å². The van der Waals surface area contributed by atoms with Crippen molar-refractivity contribution < 1.29 is 27.8 Å². The minimum atomic E-state index is -4.35. The number of amides is 1. The Morgan fingerprint density at radius 1 is 1.38 bits per heavy atom. The standard InChI is InChI=1S/C13H16F3NO3S/c1-20-8-10(18)6-7-17-12(19)9-2-4-11(5-3-9)21-13(14,15)16/h2-5,10,18H,6-8H2,1H3,(H,17,19). The van der Waals surface area contributed by atoms with Crippen molar-refractivity contribution >= 4 is 17.7 Å². The van der Waals surface area contributed by atoms with E-state index >= 15 is 0 Å². The lowest BCUT2D eigenvalue weighted by Gasteiger charge is -2.10. The smallest absolute Gasteiger partial charge is 0.391 e. The van der Waals surface area contributed by atoms with Crippen LogP contribution < -0.4 is 5.32 Å². The number of aliphatic hydroxyl groups excluding tert-OH is 1. The molecule has 1 aromatic carbocycles. The van der Waals surface area contributed by atoms with Gasteiger partial charge in [0, 0.05) is 24.1 Å². The average molecular weight is 323 g/mol. The fraction of sp³-hybridized carbons (Fsp3) is 0.462. The van der Waals surface area contributed by atoms with Crippen LogP contribution in [0.15, 0.2) is 29.2 Å². The summed E-state index contributed by atoms with van der Waals surface area (Å²) in [4.78, 5) is 11.8. The number of nitrogens with one attached hydrogen (secondary N) is 1. The third-order valence-corrected chi connectivity index (χ3v) is 3.21. The molecular formula is C13H16F3NO3S. The highest BCUT2D eigenvalue weighted by Gasteiger charge is 2.29. The topological polar surface area (TPSA) is 58.6 Å². The minimum Gasteiger partial charge on any atom is -0.391 e. The summed E-state index contributed by atoms with van der Waals surface area (Å²) >= 11 is -0.230. The highest BCUT2D eigenvalue weighted by Crippen LogP contribution is 2.36. The van der Waals surface area contributed by atoms with Gasteiger partial charge in [-0.25, -0.2) is 0 Å². The first-order valence-corrected chi connectivity index (χ1v) is 6.94. The number of thioether (sulfide) groups is 1. The number of hydrogen-bond acceptors (Lipinski definition) is 4. The zero-order valence-electron chi connectivity index (χ0n) is 11.3. The number of halogens is 3. The zero-order valence-corrected chi connectivity index (χ0v) is 12.1. The maximum absolute atomic E-state index is 12.2.